The molecule has 0 radical (unpaired) electrons. The minimum Gasteiger partial charge on any atom is -0.381 e. The van der Waals surface area contributed by atoms with E-state index in [-0.39, 0.29) is 11.6 Å². The third-order valence-electron chi connectivity index (χ3n) is 8.84. The zero-order valence-electron chi connectivity index (χ0n) is 24.5. The summed E-state index contributed by atoms with van der Waals surface area (Å²) in [5.41, 5.74) is 0.794. The molecule has 0 amide bonds. The lowest BCUT2D eigenvalue weighted by Gasteiger charge is -2.32. The van der Waals surface area contributed by atoms with Crippen molar-refractivity contribution in [1.29, 1.82) is 5.26 Å². The predicted molar refractivity (Wildman–Crippen MR) is 162 cm³/mol. The second kappa shape index (κ2) is 13.1. The van der Waals surface area contributed by atoms with E-state index >= 15 is 0 Å². The van der Waals surface area contributed by atoms with Crippen LogP contribution in [0.3, 0.4) is 0 Å². The van der Waals surface area contributed by atoms with Gasteiger partial charge in [0.15, 0.2) is 0 Å². The van der Waals surface area contributed by atoms with Crippen LogP contribution in [0.25, 0.3) is 11.3 Å². The van der Waals surface area contributed by atoms with Gasteiger partial charge >= 0.3 is 0 Å². The van der Waals surface area contributed by atoms with Gasteiger partial charge in [-0.1, -0.05) is 22.9 Å². The second-order valence-corrected chi connectivity index (χ2v) is 12.5. The lowest BCUT2D eigenvalue weighted by atomic mass is 9.82. The average molecular weight is 607 g/mol. The van der Waals surface area contributed by atoms with Crippen molar-refractivity contribution in [3.05, 3.63) is 41.3 Å². The molecule has 3 fully saturated rings. The Morgan fingerprint density at radius 1 is 1.14 bits per heavy atom. The average Bonchev–Trinajstić information content (AvgIpc) is 3.62. The van der Waals surface area contributed by atoms with Crippen molar-refractivity contribution in [2.24, 2.45) is 5.41 Å². The van der Waals surface area contributed by atoms with E-state index in [4.69, 9.17) is 26.1 Å². The maximum absolute atomic E-state index is 9.77. The molecule has 0 bridgehead atoms. The molecule has 3 aliphatic rings. The molecular weight excluding hydrogens is 568 g/mol. The summed E-state index contributed by atoms with van der Waals surface area (Å²) >= 11 is 6.59. The van der Waals surface area contributed by atoms with Crippen LogP contribution in [0.1, 0.15) is 64.1 Å². The van der Waals surface area contributed by atoms with E-state index in [1.165, 1.54) is 0 Å². The fourth-order valence-corrected chi connectivity index (χ4v) is 6.20. The molecule has 1 atom stereocenters. The van der Waals surface area contributed by atoms with Crippen molar-refractivity contribution in [1.82, 2.24) is 35.9 Å². The SMILES string of the molecule is C[C@@H](COC1(c2nn[nH]n2)CC1)N[C@H]1CC[C@H](Nc2cc(-c3cccc(NCC4(C#N)CCOCC4)n3)c(Cl)cn2)CC1. The van der Waals surface area contributed by atoms with Crippen LogP contribution < -0.4 is 16.0 Å². The summed E-state index contributed by atoms with van der Waals surface area (Å²) in [5.74, 6) is 2.16. The van der Waals surface area contributed by atoms with Gasteiger partial charge in [-0.15, -0.1) is 10.2 Å². The molecule has 2 aliphatic carbocycles. The second-order valence-electron chi connectivity index (χ2n) is 12.1. The molecule has 1 aliphatic heterocycles. The molecule has 43 heavy (non-hydrogen) atoms. The van der Waals surface area contributed by atoms with Crippen LogP contribution in [-0.4, -0.2) is 75.1 Å². The van der Waals surface area contributed by atoms with Crippen LogP contribution >= 0.6 is 11.6 Å². The molecule has 0 spiro atoms. The number of halogens is 1. The molecule has 4 heterocycles. The van der Waals surface area contributed by atoms with Gasteiger partial charge in [-0.2, -0.15) is 10.5 Å². The first-order chi connectivity index (χ1) is 21.0. The Hall–Kier alpha value is -3.37. The van der Waals surface area contributed by atoms with E-state index < -0.39 is 5.41 Å². The third-order valence-corrected chi connectivity index (χ3v) is 9.14. The Morgan fingerprint density at radius 2 is 1.93 bits per heavy atom. The van der Waals surface area contributed by atoms with Crippen LogP contribution in [0.15, 0.2) is 30.5 Å². The van der Waals surface area contributed by atoms with Crippen molar-refractivity contribution < 1.29 is 9.47 Å². The molecule has 3 aromatic heterocycles. The van der Waals surface area contributed by atoms with E-state index in [1.54, 1.807) is 6.20 Å². The highest BCUT2D eigenvalue weighted by Gasteiger charge is 2.50. The standard InChI is InChI=1S/C30H39ClN10O2/c1-20(17-43-30(9-10-30)28-38-40-41-39-28)35-21-5-7-22(8-6-21)36-27-15-23(24(31)16-33-27)25-3-2-4-26(37-25)34-19-29(18-32)11-13-42-14-12-29/h2-4,15-16,20-22,35H,5-14,17,19H2,1H3,(H,33,36)(H,34,37)(H,38,39,40,41)/t20-,21-,22-/m0/s1. The molecule has 3 aromatic rings. The number of ether oxygens (including phenoxy) is 2. The highest BCUT2D eigenvalue weighted by molar-refractivity contribution is 6.33. The zero-order valence-corrected chi connectivity index (χ0v) is 25.2. The van der Waals surface area contributed by atoms with Crippen LogP contribution in [0, 0.1) is 16.7 Å². The van der Waals surface area contributed by atoms with Crippen molar-refractivity contribution in [2.75, 3.05) is 37.0 Å². The molecule has 0 unspecified atom stereocenters. The largest absolute Gasteiger partial charge is 0.381 e. The van der Waals surface area contributed by atoms with Crippen molar-refractivity contribution in [2.45, 2.75) is 82.0 Å². The summed E-state index contributed by atoms with van der Waals surface area (Å²) in [7, 11) is 0. The number of hydrogen-bond donors (Lipinski definition) is 4. The summed E-state index contributed by atoms with van der Waals surface area (Å²) < 4.78 is 11.7. The summed E-state index contributed by atoms with van der Waals surface area (Å²) in [6, 6.07) is 11.3. The molecular formula is C30H39ClN10O2. The number of pyridine rings is 2. The summed E-state index contributed by atoms with van der Waals surface area (Å²) in [5, 5.41) is 35.5. The Labute approximate surface area is 256 Å². The monoisotopic (exact) mass is 606 g/mol. The topological polar surface area (TPSA) is 159 Å². The van der Waals surface area contributed by atoms with Crippen molar-refractivity contribution in [3.8, 4) is 17.3 Å². The minimum absolute atomic E-state index is 0.235. The Balaban J connectivity index is 0.994. The summed E-state index contributed by atoms with van der Waals surface area (Å²) in [6.07, 6.45) is 9.23. The molecule has 0 aromatic carbocycles. The van der Waals surface area contributed by atoms with Crippen LogP contribution in [0.5, 0.6) is 0 Å². The van der Waals surface area contributed by atoms with E-state index in [1.807, 2.05) is 24.3 Å². The number of hydrogen-bond acceptors (Lipinski definition) is 11. The van der Waals surface area contributed by atoms with Gasteiger partial charge in [0.2, 0.25) is 5.82 Å². The Morgan fingerprint density at radius 3 is 2.65 bits per heavy atom. The quantitative estimate of drug-likeness (QED) is 0.231. The molecule has 228 valence electrons. The van der Waals surface area contributed by atoms with Gasteiger partial charge in [-0.05, 0) is 76.5 Å². The molecule has 4 N–H and O–H groups in total. The number of nitrogens with zero attached hydrogens (tertiary/aromatic N) is 6. The number of nitrogens with one attached hydrogen (secondary N) is 4. The number of rotatable bonds is 12. The van der Waals surface area contributed by atoms with Crippen LogP contribution in [-0.2, 0) is 15.1 Å². The zero-order chi connectivity index (χ0) is 29.7. The molecule has 2 saturated carbocycles. The van der Waals surface area contributed by atoms with Gasteiger partial charge in [0.05, 0.1) is 28.8 Å². The molecule has 1 saturated heterocycles. The van der Waals surface area contributed by atoms with Gasteiger partial charge in [0.1, 0.15) is 17.2 Å². The minimum atomic E-state index is -0.433. The Bertz CT molecular complexity index is 1400. The fraction of sp³-hybridized carbons (Fsp3) is 0.600. The lowest BCUT2D eigenvalue weighted by molar-refractivity contribution is 0.0105. The molecule has 6 rings (SSSR count). The molecule has 13 heteroatoms. The van der Waals surface area contributed by atoms with E-state index in [0.717, 1.165) is 68.4 Å². The van der Waals surface area contributed by atoms with E-state index in [2.05, 4.69) is 54.6 Å². The number of anilines is 2. The first-order valence-electron chi connectivity index (χ1n) is 15.2. The predicted octanol–water partition coefficient (Wildman–Crippen LogP) is 4.45. The smallest absolute Gasteiger partial charge is 0.206 e. The third kappa shape index (κ3) is 7.24. The van der Waals surface area contributed by atoms with Gasteiger partial charge in [-0.3, -0.25) is 0 Å². The number of tetrazole rings is 1. The van der Waals surface area contributed by atoms with Crippen LogP contribution in [0.2, 0.25) is 5.02 Å². The first-order valence-corrected chi connectivity index (χ1v) is 15.6. The highest BCUT2D eigenvalue weighted by atomic mass is 35.5. The van der Waals surface area contributed by atoms with Gasteiger partial charge in [-0.25, -0.2) is 9.97 Å². The van der Waals surface area contributed by atoms with E-state index in [0.29, 0.717) is 55.1 Å². The molecule has 12 nitrogen and oxygen atoms in total. The van der Waals surface area contributed by atoms with Gasteiger partial charge in [0.25, 0.3) is 0 Å². The van der Waals surface area contributed by atoms with Gasteiger partial charge in [0, 0.05) is 49.6 Å². The summed E-state index contributed by atoms with van der Waals surface area (Å²) in [6.45, 7) is 4.54. The van der Waals surface area contributed by atoms with Crippen molar-refractivity contribution >= 4 is 23.2 Å². The first kappa shape index (κ1) is 29.7. The lowest BCUT2D eigenvalue weighted by Crippen LogP contribution is -2.43. The number of aromatic amines is 1. The maximum Gasteiger partial charge on any atom is 0.206 e. The van der Waals surface area contributed by atoms with E-state index in [9.17, 15) is 5.26 Å². The maximum atomic E-state index is 9.77. The van der Waals surface area contributed by atoms with Gasteiger partial charge < -0.3 is 25.4 Å². The fourth-order valence-electron chi connectivity index (χ4n) is 6.00. The van der Waals surface area contributed by atoms with Crippen LogP contribution in [0.4, 0.5) is 11.6 Å². The van der Waals surface area contributed by atoms with Crippen molar-refractivity contribution in [3.63, 3.8) is 0 Å². The number of H-pyrrole nitrogens is 1. The number of aromatic nitrogens is 6. The normalized spacial score (nSPS) is 23.2. The Kier molecular flexibility index (Phi) is 9.04. The summed E-state index contributed by atoms with van der Waals surface area (Å²) in [4.78, 5) is 9.36. The number of nitriles is 1. The highest BCUT2D eigenvalue weighted by Crippen LogP contribution is 2.47.